The fraction of sp³-hybridized carbons (Fsp3) is 0.0625. The molecule has 0 bridgehead atoms. The summed E-state index contributed by atoms with van der Waals surface area (Å²) in [4.78, 5) is 14.9. The third kappa shape index (κ3) is 2.43. The van der Waals surface area contributed by atoms with Crippen LogP contribution in [0.15, 0.2) is 35.1 Å². The van der Waals surface area contributed by atoms with Gasteiger partial charge in [0.15, 0.2) is 0 Å². The molecule has 0 fully saturated rings. The van der Waals surface area contributed by atoms with E-state index in [9.17, 15) is 20.1 Å². The van der Waals surface area contributed by atoms with Gasteiger partial charge in [-0.15, -0.1) is 0 Å². The quantitative estimate of drug-likeness (QED) is 0.577. The highest BCUT2D eigenvalue weighted by Crippen LogP contribution is 2.40. The van der Waals surface area contributed by atoms with Crippen molar-refractivity contribution in [3.63, 3.8) is 0 Å². The van der Waals surface area contributed by atoms with E-state index >= 15 is 0 Å². The van der Waals surface area contributed by atoms with Gasteiger partial charge in [0.25, 0.3) is 5.56 Å². The van der Waals surface area contributed by atoms with Gasteiger partial charge in [-0.05, 0) is 18.2 Å². The molecular weight excluding hydrogens is 322 g/mol. The van der Waals surface area contributed by atoms with Crippen LogP contribution < -0.4 is 10.3 Å². The van der Waals surface area contributed by atoms with Crippen molar-refractivity contribution in [2.45, 2.75) is 0 Å². The lowest BCUT2D eigenvalue weighted by molar-refractivity contribution is 0.415. The topological polar surface area (TPSA) is 103 Å². The molecule has 0 aliphatic rings. The zero-order chi connectivity index (χ0) is 16.7. The number of phenolic OH excluding ortho intramolecular Hbond substituents is 2. The Morgan fingerprint density at radius 1 is 1.13 bits per heavy atom. The zero-order valence-electron chi connectivity index (χ0n) is 11.9. The Kier molecular flexibility index (Phi) is 3.54. The summed E-state index contributed by atoms with van der Waals surface area (Å²) < 4.78 is 5.08. The molecular formula is C16H12ClNO5. The minimum Gasteiger partial charge on any atom is -0.508 e. The fourth-order valence-electron chi connectivity index (χ4n) is 2.42. The molecule has 118 valence electrons. The first-order chi connectivity index (χ1) is 10.9. The van der Waals surface area contributed by atoms with Crippen molar-refractivity contribution in [2.75, 3.05) is 7.11 Å². The molecule has 0 atom stereocenters. The molecule has 1 heterocycles. The number of pyridine rings is 1. The van der Waals surface area contributed by atoms with Crippen LogP contribution in [0, 0.1) is 0 Å². The first kappa shape index (κ1) is 15.1. The number of aromatic amines is 1. The van der Waals surface area contributed by atoms with Crippen molar-refractivity contribution >= 4 is 22.5 Å². The molecule has 2 aromatic carbocycles. The smallest absolute Gasteiger partial charge is 0.260 e. The SMILES string of the molecule is COc1cc2[nH]c(=O)c(-c3ccc(O)cc3O)c(O)c2cc1Cl. The molecule has 0 spiro atoms. The molecule has 4 N–H and O–H groups in total. The minimum absolute atomic E-state index is 0.0930. The summed E-state index contributed by atoms with van der Waals surface area (Å²) in [6.45, 7) is 0. The monoisotopic (exact) mass is 333 g/mol. The number of aromatic nitrogens is 1. The van der Waals surface area contributed by atoms with Gasteiger partial charge in [-0.2, -0.15) is 0 Å². The maximum Gasteiger partial charge on any atom is 0.260 e. The van der Waals surface area contributed by atoms with Crippen LogP contribution in [0.2, 0.25) is 5.02 Å². The van der Waals surface area contributed by atoms with Gasteiger partial charge in [0, 0.05) is 23.1 Å². The van der Waals surface area contributed by atoms with E-state index in [0.29, 0.717) is 16.7 Å². The van der Waals surface area contributed by atoms with Gasteiger partial charge in [0.1, 0.15) is 23.0 Å². The number of rotatable bonds is 2. The average Bonchev–Trinajstić information content (AvgIpc) is 2.49. The Labute approximate surface area is 135 Å². The van der Waals surface area contributed by atoms with Gasteiger partial charge in [0.2, 0.25) is 0 Å². The molecule has 0 saturated carbocycles. The number of halogens is 1. The first-order valence-electron chi connectivity index (χ1n) is 6.57. The van der Waals surface area contributed by atoms with Crippen LogP contribution in [0.3, 0.4) is 0 Å². The summed E-state index contributed by atoms with van der Waals surface area (Å²) in [5.74, 6) is -0.454. The second kappa shape index (κ2) is 5.40. The molecule has 0 saturated heterocycles. The third-order valence-electron chi connectivity index (χ3n) is 3.51. The van der Waals surface area contributed by atoms with E-state index in [-0.39, 0.29) is 33.4 Å². The summed E-state index contributed by atoms with van der Waals surface area (Å²) >= 11 is 6.05. The number of nitrogens with one attached hydrogen (secondary N) is 1. The highest BCUT2D eigenvalue weighted by atomic mass is 35.5. The van der Waals surface area contributed by atoms with E-state index < -0.39 is 5.56 Å². The van der Waals surface area contributed by atoms with Gasteiger partial charge >= 0.3 is 0 Å². The van der Waals surface area contributed by atoms with Crippen molar-refractivity contribution in [1.29, 1.82) is 0 Å². The Morgan fingerprint density at radius 2 is 1.87 bits per heavy atom. The van der Waals surface area contributed by atoms with Crippen LogP contribution in [-0.4, -0.2) is 27.4 Å². The number of H-pyrrole nitrogens is 1. The van der Waals surface area contributed by atoms with Gasteiger partial charge in [-0.25, -0.2) is 0 Å². The zero-order valence-corrected chi connectivity index (χ0v) is 12.7. The Balaban J connectivity index is 2.36. The lowest BCUT2D eigenvalue weighted by Gasteiger charge is -2.11. The van der Waals surface area contributed by atoms with E-state index in [0.717, 1.165) is 6.07 Å². The third-order valence-corrected chi connectivity index (χ3v) is 3.81. The maximum absolute atomic E-state index is 12.3. The molecule has 1 aromatic heterocycles. The van der Waals surface area contributed by atoms with Gasteiger partial charge in [-0.3, -0.25) is 4.79 Å². The minimum atomic E-state index is -0.597. The number of methoxy groups -OCH3 is 1. The summed E-state index contributed by atoms with van der Waals surface area (Å²) in [6.07, 6.45) is 0. The van der Waals surface area contributed by atoms with Crippen LogP contribution in [0.1, 0.15) is 0 Å². The average molecular weight is 334 g/mol. The van der Waals surface area contributed by atoms with Crippen molar-refractivity contribution in [1.82, 2.24) is 4.98 Å². The predicted molar refractivity (Wildman–Crippen MR) is 86.6 cm³/mol. The van der Waals surface area contributed by atoms with Crippen molar-refractivity contribution in [2.24, 2.45) is 0 Å². The number of ether oxygens (including phenoxy) is 1. The predicted octanol–water partition coefficient (Wildman–Crippen LogP) is 2.97. The van der Waals surface area contributed by atoms with Gasteiger partial charge < -0.3 is 25.0 Å². The summed E-state index contributed by atoms with van der Waals surface area (Å²) in [5, 5.41) is 30.3. The molecule has 6 nitrogen and oxygen atoms in total. The standard InChI is InChI=1S/C16H12ClNO5/c1-23-13-6-11-9(5-10(13)17)15(21)14(16(22)18-11)8-3-2-7(19)4-12(8)20/h2-6,19-20H,1H3,(H2,18,21,22). The fourth-order valence-corrected chi connectivity index (χ4v) is 2.66. The van der Waals surface area contributed by atoms with Crippen LogP contribution >= 0.6 is 11.6 Å². The molecule has 7 heteroatoms. The number of aromatic hydroxyl groups is 3. The van der Waals surface area contributed by atoms with Crippen LogP contribution in [0.25, 0.3) is 22.0 Å². The normalized spacial score (nSPS) is 10.9. The summed E-state index contributed by atoms with van der Waals surface area (Å²) in [7, 11) is 1.44. The number of fused-ring (bicyclic) bond motifs is 1. The molecule has 0 aliphatic carbocycles. The van der Waals surface area contributed by atoms with E-state index in [1.807, 2.05) is 0 Å². The molecule has 23 heavy (non-hydrogen) atoms. The van der Waals surface area contributed by atoms with E-state index in [4.69, 9.17) is 16.3 Å². The van der Waals surface area contributed by atoms with Crippen molar-refractivity contribution < 1.29 is 20.1 Å². The summed E-state index contributed by atoms with van der Waals surface area (Å²) in [6, 6.07) is 6.69. The number of hydrogen-bond donors (Lipinski definition) is 4. The highest BCUT2D eigenvalue weighted by Gasteiger charge is 2.18. The van der Waals surface area contributed by atoms with Crippen LogP contribution in [0.5, 0.6) is 23.0 Å². The second-order valence-electron chi connectivity index (χ2n) is 4.91. The van der Waals surface area contributed by atoms with Gasteiger partial charge in [-0.1, -0.05) is 11.6 Å². The number of phenols is 2. The molecule has 3 aromatic rings. The highest BCUT2D eigenvalue weighted by molar-refractivity contribution is 6.33. The Bertz CT molecular complexity index is 980. The van der Waals surface area contributed by atoms with Crippen molar-refractivity contribution in [3.8, 4) is 34.1 Å². The number of benzene rings is 2. The van der Waals surface area contributed by atoms with E-state index in [1.54, 1.807) is 0 Å². The van der Waals surface area contributed by atoms with Crippen molar-refractivity contribution in [3.05, 3.63) is 45.7 Å². The van der Waals surface area contributed by atoms with E-state index in [1.165, 1.54) is 31.4 Å². The van der Waals surface area contributed by atoms with Crippen LogP contribution in [0.4, 0.5) is 0 Å². The lowest BCUT2D eigenvalue weighted by Crippen LogP contribution is -2.09. The molecule has 0 aliphatic heterocycles. The second-order valence-corrected chi connectivity index (χ2v) is 5.32. The Hall–Kier alpha value is -2.86. The maximum atomic E-state index is 12.3. The molecule has 0 amide bonds. The summed E-state index contributed by atoms with van der Waals surface area (Å²) in [5.41, 5.74) is -0.275. The van der Waals surface area contributed by atoms with E-state index in [2.05, 4.69) is 4.98 Å². The lowest BCUT2D eigenvalue weighted by atomic mass is 10.0. The largest absolute Gasteiger partial charge is 0.508 e. The Morgan fingerprint density at radius 3 is 2.52 bits per heavy atom. The number of hydrogen-bond acceptors (Lipinski definition) is 5. The molecule has 3 rings (SSSR count). The first-order valence-corrected chi connectivity index (χ1v) is 6.95. The molecule has 0 radical (unpaired) electrons. The van der Waals surface area contributed by atoms with Crippen LogP contribution in [-0.2, 0) is 0 Å². The van der Waals surface area contributed by atoms with Gasteiger partial charge in [0.05, 0.1) is 23.2 Å². The molecule has 0 unspecified atom stereocenters.